The number of amides is 2. The summed E-state index contributed by atoms with van der Waals surface area (Å²) in [6.07, 6.45) is 1.47. The monoisotopic (exact) mass is 456 g/mol. The van der Waals surface area contributed by atoms with E-state index in [0.29, 0.717) is 27.8 Å². The number of halogens is 1. The van der Waals surface area contributed by atoms with Crippen LogP contribution in [0.25, 0.3) is 17.4 Å². The number of nitro benzene ring substituents is 1. The van der Waals surface area contributed by atoms with Gasteiger partial charge in [-0.05, 0) is 54.2 Å². The molecule has 0 atom stereocenters. The number of non-ortho nitro benzene ring substituents is 1. The maximum absolute atomic E-state index is 12.7. The minimum atomic E-state index is -0.517. The average Bonchev–Trinajstić information content (AvgIpc) is 3.32. The van der Waals surface area contributed by atoms with Gasteiger partial charge in [0.15, 0.2) is 0 Å². The Bertz CT molecular complexity index is 1230. The Morgan fingerprint density at radius 1 is 1.13 bits per heavy atom. The number of carbonyl (C=O) groups is 2. The number of hydrogen-bond donors (Lipinski definition) is 0. The van der Waals surface area contributed by atoms with E-state index in [9.17, 15) is 19.7 Å². The van der Waals surface area contributed by atoms with Gasteiger partial charge in [0.05, 0.1) is 34.3 Å². The van der Waals surface area contributed by atoms with Crippen LogP contribution in [0, 0.1) is 10.1 Å². The zero-order valence-electron chi connectivity index (χ0n) is 15.9. The van der Waals surface area contributed by atoms with E-state index in [4.69, 9.17) is 20.8 Å². The third-order valence-corrected chi connectivity index (χ3v) is 5.56. The highest BCUT2D eigenvalue weighted by Crippen LogP contribution is 2.38. The van der Waals surface area contributed by atoms with E-state index in [1.807, 2.05) is 0 Å². The Balaban J connectivity index is 1.62. The standard InChI is InChI=1S/C21H13ClN2O6S/c1-29-18-10-14(24(27)28)6-8-16(18)17-9-7-15(30-17)11-19-20(25)23(21(26)31-19)13-4-2-12(22)3-5-13/h2-11H,1H3/b19-11+. The van der Waals surface area contributed by atoms with Crippen molar-refractivity contribution in [3.63, 3.8) is 0 Å². The number of nitro groups is 1. The van der Waals surface area contributed by atoms with Gasteiger partial charge in [-0.3, -0.25) is 19.7 Å². The van der Waals surface area contributed by atoms with Crippen LogP contribution in [0.2, 0.25) is 5.02 Å². The Labute approximate surface area is 185 Å². The molecule has 1 saturated heterocycles. The molecule has 8 nitrogen and oxygen atoms in total. The van der Waals surface area contributed by atoms with Crippen molar-refractivity contribution < 1.29 is 23.7 Å². The lowest BCUT2D eigenvalue weighted by molar-refractivity contribution is -0.384. The van der Waals surface area contributed by atoms with Crippen LogP contribution in [0.3, 0.4) is 0 Å². The van der Waals surface area contributed by atoms with Crippen molar-refractivity contribution in [2.75, 3.05) is 12.0 Å². The van der Waals surface area contributed by atoms with E-state index in [1.54, 1.807) is 36.4 Å². The molecule has 1 aromatic heterocycles. The molecule has 1 aliphatic heterocycles. The maximum atomic E-state index is 12.7. The molecule has 2 heterocycles. The van der Waals surface area contributed by atoms with E-state index in [0.717, 1.165) is 16.7 Å². The third kappa shape index (κ3) is 4.05. The number of ether oxygens (including phenoxy) is 1. The van der Waals surface area contributed by atoms with Gasteiger partial charge < -0.3 is 9.15 Å². The summed E-state index contributed by atoms with van der Waals surface area (Å²) in [5.41, 5.74) is 0.830. The lowest BCUT2D eigenvalue weighted by Gasteiger charge is -2.11. The maximum Gasteiger partial charge on any atom is 0.298 e. The molecule has 0 saturated carbocycles. The first-order valence-electron chi connectivity index (χ1n) is 8.83. The number of methoxy groups -OCH3 is 1. The van der Waals surface area contributed by atoms with Crippen molar-refractivity contribution in [2.24, 2.45) is 0 Å². The van der Waals surface area contributed by atoms with Gasteiger partial charge in [0, 0.05) is 17.2 Å². The van der Waals surface area contributed by atoms with E-state index < -0.39 is 16.1 Å². The van der Waals surface area contributed by atoms with E-state index in [1.165, 1.54) is 31.4 Å². The van der Waals surface area contributed by atoms with Crippen molar-refractivity contribution in [3.8, 4) is 17.1 Å². The van der Waals surface area contributed by atoms with Crippen LogP contribution >= 0.6 is 23.4 Å². The zero-order chi connectivity index (χ0) is 22.1. The number of thioether (sulfide) groups is 1. The second-order valence-corrected chi connectivity index (χ2v) is 7.77. The van der Waals surface area contributed by atoms with Gasteiger partial charge in [-0.25, -0.2) is 4.90 Å². The first kappa shape index (κ1) is 20.7. The van der Waals surface area contributed by atoms with Crippen molar-refractivity contribution in [3.05, 3.63) is 80.4 Å². The number of anilines is 1. The molecule has 1 fully saturated rings. The van der Waals surface area contributed by atoms with Crippen molar-refractivity contribution in [1.29, 1.82) is 0 Å². The molecule has 10 heteroatoms. The second-order valence-electron chi connectivity index (χ2n) is 6.34. The topological polar surface area (TPSA) is 103 Å². The van der Waals surface area contributed by atoms with Gasteiger partial charge in [-0.2, -0.15) is 0 Å². The van der Waals surface area contributed by atoms with Gasteiger partial charge in [0.2, 0.25) is 0 Å². The van der Waals surface area contributed by atoms with Crippen molar-refractivity contribution >= 4 is 52.0 Å². The Morgan fingerprint density at radius 3 is 2.55 bits per heavy atom. The molecule has 4 rings (SSSR count). The lowest BCUT2D eigenvalue weighted by Crippen LogP contribution is -2.27. The minimum Gasteiger partial charge on any atom is -0.496 e. The number of hydrogen-bond acceptors (Lipinski definition) is 7. The fraction of sp³-hybridized carbons (Fsp3) is 0.0476. The summed E-state index contributed by atoms with van der Waals surface area (Å²) in [6, 6.07) is 13.8. The van der Waals surface area contributed by atoms with Crippen molar-refractivity contribution in [2.45, 2.75) is 0 Å². The first-order chi connectivity index (χ1) is 14.9. The van der Waals surface area contributed by atoms with E-state index in [2.05, 4.69) is 0 Å². The molecule has 156 valence electrons. The predicted octanol–water partition coefficient (Wildman–Crippen LogP) is 5.76. The smallest absolute Gasteiger partial charge is 0.298 e. The molecule has 0 spiro atoms. The molecule has 0 radical (unpaired) electrons. The lowest BCUT2D eigenvalue weighted by atomic mass is 10.1. The average molecular weight is 457 g/mol. The summed E-state index contributed by atoms with van der Waals surface area (Å²) < 4.78 is 11.0. The number of carbonyl (C=O) groups excluding carboxylic acids is 2. The molecule has 2 aromatic carbocycles. The quantitative estimate of drug-likeness (QED) is 0.273. The molecule has 31 heavy (non-hydrogen) atoms. The van der Waals surface area contributed by atoms with Crippen LogP contribution in [0.1, 0.15) is 5.76 Å². The van der Waals surface area contributed by atoms with Gasteiger partial charge >= 0.3 is 0 Å². The SMILES string of the molecule is COc1cc([N+](=O)[O-])ccc1-c1ccc(/C=C2/SC(=O)N(c3ccc(Cl)cc3)C2=O)o1. The molecule has 1 aliphatic rings. The van der Waals surface area contributed by atoms with Gasteiger partial charge in [-0.15, -0.1) is 0 Å². The molecule has 3 aromatic rings. The van der Waals surface area contributed by atoms with Gasteiger partial charge in [0.1, 0.15) is 17.3 Å². The molecular formula is C21H13ClN2O6S. The summed E-state index contributed by atoms with van der Waals surface area (Å²) in [6.45, 7) is 0. The number of nitrogens with zero attached hydrogens (tertiary/aromatic N) is 2. The number of benzene rings is 2. The summed E-state index contributed by atoms with van der Waals surface area (Å²) in [7, 11) is 1.40. The van der Waals surface area contributed by atoms with Crippen LogP contribution in [-0.2, 0) is 4.79 Å². The van der Waals surface area contributed by atoms with Crippen LogP contribution in [0.5, 0.6) is 5.75 Å². The molecule has 2 amide bonds. The fourth-order valence-electron chi connectivity index (χ4n) is 2.98. The van der Waals surface area contributed by atoms with Crippen LogP contribution in [0.4, 0.5) is 16.2 Å². The van der Waals surface area contributed by atoms with Crippen LogP contribution < -0.4 is 9.64 Å². The minimum absolute atomic E-state index is 0.108. The number of furan rings is 1. The van der Waals surface area contributed by atoms with Crippen molar-refractivity contribution in [1.82, 2.24) is 0 Å². The Kier molecular flexibility index (Phi) is 5.53. The number of rotatable bonds is 5. The normalized spacial score (nSPS) is 15.0. The summed E-state index contributed by atoms with van der Waals surface area (Å²) >= 11 is 6.67. The van der Waals surface area contributed by atoms with E-state index >= 15 is 0 Å². The predicted molar refractivity (Wildman–Crippen MR) is 117 cm³/mol. The number of imide groups is 1. The fourth-order valence-corrected chi connectivity index (χ4v) is 3.93. The molecule has 0 unspecified atom stereocenters. The summed E-state index contributed by atoms with van der Waals surface area (Å²) in [5, 5.41) is 11.0. The highest BCUT2D eigenvalue weighted by Gasteiger charge is 2.36. The molecule has 0 aliphatic carbocycles. The molecule has 0 N–H and O–H groups in total. The van der Waals surface area contributed by atoms with Crippen LogP contribution in [0.15, 0.2) is 63.9 Å². The second kappa shape index (κ2) is 8.29. The first-order valence-corrected chi connectivity index (χ1v) is 10.0. The van der Waals surface area contributed by atoms with E-state index in [-0.39, 0.29) is 16.3 Å². The largest absolute Gasteiger partial charge is 0.496 e. The summed E-state index contributed by atoms with van der Waals surface area (Å²) in [4.78, 5) is 36.8. The Hall–Kier alpha value is -3.56. The highest BCUT2D eigenvalue weighted by atomic mass is 35.5. The molecule has 0 bridgehead atoms. The molecular weight excluding hydrogens is 444 g/mol. The Morgan fingerprint density at radius 2 is 1.87 bits per heavy atom. The van der Waals surface area contributed by atoms with Crippen LogP contribution in [-0.4, -0.2) is 23.2 Å². The highest BCUT2D eigenvalue weighted by molar-refractivity contribution is 8.19. The van der Waals surface area contributed by atoms with Gasteiger partial charge in [-0.1, -0.05) is 11.6 Å². The third-order valence-electron chi connectivity index (χ3n) is 4.44. The zero-order valence-corrected chi connectivity index (χ0v) is 17.5. The summed E-state index contributed by atoms with van der Waals surface area (Å²) in [5.74, 6) is 0.549. The van der Waals surface area contributed by atoms with Gasteiger partial charge in [0.25, 0.3) is 16.8 Å².